The number of hydrogen-bond acceptors (Lipinski definition) is 8. The zero-order chi connectivity index (χ0) is 35.0. The summed E-state index contributed by atoms with van der Waals surface area (Å²) in [6, 6.07) is 6.67. The van der Waals surface area contributed by atoms with E-state index in [2.05, 4.69) is 13.8 Å². The van der Waals surface area contributed by atoms with Crippen LogP contribution < -0.4 is 19.6 Å². The van der Waals surface area contributed by atoms with Crippen LogP contribution in [-0.4, -0.2) is 10.2 Å². The molecule has 0 aliphatic heterocycles. The van der Waals surface area contributed by atoms with Crippen molar-refractivity contribution in [2.75, 3.05) is 0 Å². The molecule has 0 aromatic heterocycles. The quantitative estimate of drug-likeness (QED) is 0.294. The van der Waals surface area contributed by atoms with Gasteiger partial charge in [-0.05, 0) is 94.2 Å². The minimum atomic E-state index is -5.09. The van der Waals surface area contributed by atoms with Crippen molar-refractivity contribution in [1.82, 2.24) is 0 Å². The molecule has 259 valence electrons. The van der Waals surface area contributed by atoms with Crippen LogP contribution in [0.2, 0.25) is 0 Å². The van der Waals surface area contributed by atoms with E-state index < -0.39 is 26.9 Å². The first-order chi connectivity index (χ1) is 19.4. The Morgan fingerprint density at radius 3 is 0.822 bits per heavy atom. The minimum Gasteiger partial charge on any atom is -0.809 e. The number of rotatable bonds is 6. The summed E-state index contributed by atoms with van der Waals surface area (Å²) in [7, 11) is -10.2. The van der Waals surface area contributed by atoms with E-state index in [-0.39, 0.29) is 49.9 Å². The van der Waals surface area contributed by atoms with Gasteiger partial charge in [0.25, 0.3) is 0 Å². The van der Waals surface area contributed by atoms with E-state index in [0.29, 0.717) is 0 Å². The van der Waals surface area contributed by atoms with Crippen LogP contribution in [0.5, 0.6) is 0 Å². The van der Waals surface area contributed by atoms with Crippen molar-refractivity contribution in [1.29, 1.82) is 0 Å². The normalized spacial score (nSPS) is 14.7. The van der Waals surface area contributed by atoms with Gasteiger partial charge in [0.15, 0.2) is 0 Å². The maximum atomic E-state index is 11.2. The van der Waals surface area contributed by atoms with Crippen LogP contribution in [0.1, 0.15) is 153 Å². The zero-order valence-corrected chi connectivity index (χ0v) is 32.5. The average molecular weight is 708 g/mol. The first-order valence-corrected chi connectivity index (χ1v) is 18.4. The van der Waals surface area contributed by atoms with Crippen LogP contribution >= 0.6 is 15.2 Å². The Morgan fingerprint density at radius 1 is 0.533 bits per heavy atom. The third kappa shape index (κ3) is 11.7. The van der Waals surface area contributed by atoms with Crippen LogP contribution in [0.15, 0.2) is 24.3 Å². The molecular weight excluding hydrogens is 653 g/mol. The van der Waals surface area contributed by atoms with Crippen molar-refractivity contribution in [3.63, 3.8) is 0 Å². The number of hydrogen-bond donors (Lipinski definition) is 2. The van der Waals surface area contributed by atoms with Gasteiger partial charge in [-0.1, -0.05) is 121 Å². The van der Waals surface area contributed by atoms with E-state index in [1.807, 2.05) is 83.1 Å². The van der Waals surface area contributed by atoms with E-state index in [1.54, 1.807) is 24.3 Å². The summed E-state index contributed by atoms with van der Waals surface area (Å²) >= 11 is 0. The van der Waals surface area contributed by atoms with Crippen LogP contribution in [0.4, 0.5) is 0 Å². The molecule has 11 heteroatoms. The van der Waals surface area contributed by atoms with E-state index in [1.165, 1.54) is 0 Å². The Balaban J connectivity index is 0.000000842. The van der Waals surface area contributed by atoms with Crippen LogP contribution in [0, 0.1) is 0 Å². The molecule has 0 heterocycles. The maximum Gasteiger partial charge on any atom is 0.106 e. The van der Waals surface area contributed by atoms with Crippen molar-refractivity contribution in [3.8, 4) is 0 Å². The minimum absolute atomic E-state index is 0. The van der Waals surface area contributed by atoms with Gasteiger partial charge in [-0.25, -0.2) is 0 Å². The van der Waals surface area contributed by atoms with Crippen molar-refractivity contribution >= 4 is 15.2 Å². The first kappa shape index (κ1) is 44.2. The fourth-order valence-corrected chi connectivity index (χ4v) is 6.52. The number of aliphatic hydroxyl groups is 2. The van der Waals surface area contributed by atoms with Gasteiger partial charge in [0, 0.05) is 17.1 Å². The molecule has 0 aliphatic carbocycles. The molecule has 8 nitrogen and oxygen atoms in total. The van der Waals surface area contributed by atoms with Crippen molar-refractivity contribution < 1.29 is 56.0 Å². The van der Waals surface area contributed by atoms with Crippen LogP contribution in [-0.2, 0) is 60.7 Å². The predicted octanol–water partition coefficient (Wildman–Crippen LogP) is 5.49. The summed E-state index contributed by atoms with van der Waals surface area (Å²) in [5.41, 5.74) is 5.71. The third-order valence-electron chi connectivity index (χ3n) is 7.68. The molecule has 0 amide bonds. The molecule has 0 fully saturated rings. The Kier molecular flexibility index (Phi) is 14.9. The number of benzene rings is 2. The fraction of sp³-hybridized carbons (Fsp3) is 0.647. The maximum absolute atomic E-state index is 11.2. The zero-order valence-electron chi connectivity index (χ0n) is 29.5. The summed E-state index contributed by atoms with van der Waals surface area (Å²) < 4.78 is 22.5. The second-order valence-electron chi connectivity index (χ2n) is 15.7. The van der Waals surface area contributed by atoms with Gasteiger partial charge in [0.2, 0.25) is 0 Å². The van der Waals surface area contributed by atoms with E-state index in [9.17, 15) is 38.9 Å². The first-order valence-electron chi connectivity index (χ1n) is 15.1. The Labute approximate surface area is 282 Å². The largest absolute Gasteiger partial charge is 0.809 e. The second kappa shape index (κ2) is 15.2. The van der Waals surface area contributed by atoms with Gasteiger partial charge >= 0.3 is 0 Å². The summed E-state index contributed by atoms with van der Waals surface area (Å²) in [6.45, 7) is 28.6. The van der Waals surface area contributed by atoms with Gasteiger partial charge in [0.1, 0.15) is 11.7 Å². The smallest absolute Gasteiger partial charge is 0.106 e. The van der Waals surface area contributed by atoms with Crippen molar-refractivity contribution in [2.45, 2.75) is 143 Å². The van der Waals surface area contributed by atoms with Gasteiger partial charge in [-0.2, -0.15) is 0 Å². The number of aliphatic hydroxyl groups excluding tert-OH is 2. The molecule has 2 atom stereocenters. The second-order valence-corrected chi connectivity index (χ2v) is 18.9. The molecule has 0 bridgehead atoms. The van der Waals surface area contributed by atoms with Crippen LogP contribution in [0.3, 0.4) is 0 Å². The monoisotopic (exact) mass is 707 g/mol. The molecule has 0 saturated heterocycles. The van der Waals surface area contributed by atoms with E-state index >= 15 is 0 Å². The van der Waals surface area contributed by atoms with E-state index in [4.69, 9.17) is 0 Å². The van der Waals surface area contributed by atoms with Gasteiger partial charge in [-0.3, -0.25) is 0 Å². The molecule has 2 rings (SSSR count). The molecular formula is C34H54MnO8P2-4. The Morgan fingerprint density at radius 2 is 0.711 bits per heavy atom. The molecule has 0 saturated carbocycles. The van der Waals surface area contributed by atoms with Gasteiger partial charge in [-0.15, -0.1) is 0 Å². The molecule has 2 aromatic carbocycles. The fourth-order valence-electron chi connectivity index (χ4n) is 5.49. The standard InChI is InChI=1S/2C17H29O4P.Mn/c2*1-8-12-13(16(2,3)4)9-11(15(18)22(19,20)21)10-14(12)17(5,6)7;/h2*9-10,15,18H,8H2,1-7H3,(H2,19,20,21);/p-4. The SMILES string of the molecule is CCc1c(C(C)(C)C)cc(C(O)P(=O)([O-])[O-])cc1C(C)(C)C.CCc1c(C(C)(C)C)cc(C(O)P(=O)([O-])[O-])cc1C(C)(C)C.[Mn]. The van der Waals surface area contributed by atoms with E-state index in [0.717, 1.165) is 46.2 Å². The summed E-state index contributed by atoms with van der Waals surface area (Å²) in [5.74, 6) is -4.00. The molecule has 0 aliphatic rings. The predicted molar refractivity (Wildman–Crippen MR) is 172 cm³/mol. The summed E-state index contributed by atoms with van der Waals surface area (Å²) in [6.07, 6.45) is 1.62. The van der Waals surface area contributed by atoms with Gasteiger partial charge < -0.3 is 38.9 Å². The Hall–Kier alpha value is -0.821. The topological polar surface area (TPSA) is 167 Å². The van der Waals surface area contributed by atoms with Crippen molar-refractivity contribution in [2.24, 2.45) is 0 Å². The summed E-state index contributed by atoms with van der Waals surface area (Å²) in [4.78, 5) is 44.9. The molecule has 45 heavy (non-hydrogen) atoms. The molecule has 2 N–H and O–H groups in total. The Bertz CT molecular complexity index is 1220. The van der Waals surface area contributed by atoms with Crippen LogP contribution in [0.25, 0.3) is 0 Å². The molecule has 0 spiro atoms. The average Bonchev–Trinajstić information content (AvgIpc) is 2.83. The van der Waals surface area contributed by atoms with Gasteiger partial charge in [0.05, 0.1) is 0 Å². The molecule has 2 aromatic rings. The van der Waals surface area contributed by atoms with Crippen molar-refractivity contribution in [3.05, 3.63) is 68.8 Å². The third-order valence-corrected chi connectivity index (χ3v) is 9.47. The molecule has 2 unspecified atom stereocenters. The molecule has 1 radical (unpaired) electrons. The summed E-state index contributed by atoms with van der Waals surface area (Å²) in [5, 5.41) is 19.8.